The third-order valence-electron chi connectivity index (χ3n) is 2.43. The zero-order chi connectivity index (χ0) is 14.7. The molecule has 0 aliphatic heterocycles. The molecule has 20 heavy (non-hydrogen) atoms. The average molecular weight is 293 g/mol. The minimum Gasteiger partial charge on any atom is -0.475 e. The van der Waals surface area contributed by atoms with Crippen LogP contribution in [0.1, 0.15) is 10.6 Å². The fourth-order valence-corrected chi connectivity index (χ4v) is 1.65. The Balaban J connectivity index is 2.43. The van der Waals surface area contributed by atoms with Crippen LogP contribution < -0.4 is 0 Å². The molecule has 1 heterocycles. The first-order chi connectivity index (χ1) is 9.47. The van der Waals surface area contributed by atoms with E-state index in [0.29, 0.717) is 10.7 Å². The van der Waals surface area contributed by atoms with E-state index in [1.165, 1.54) is 11.0 Å². The highest BCUT2D eigenvalue weighted by Gasteiger charge is 2.15. The van der Waals surface area contributed by atoms with Gasteiger partial charge in [-0.3, -0.25) is 0 Å². The molecule has 0 aliphatic rings. The van der Waals surface area contributed by atoms with E-state index in [0.717, 1.165) is 5.56 Å². The molecule has 0 amide bonds. The molecule has 6 nitrogen and oxygen atoms in total. The van der Waals surface area contributed by atoms with Crippen molar-refractivity contribution in [3.63, 3.8) is 0 Å². The molecule has 2 aromatic rings. The van der Waals surface area contributed by atoms with E-state index in [2.05, 4.69) is 10.1 Å². The van der Waals surface area contributed by atoms with Gasteiger partial charge in [0.1, 0.15) is 6.34 Å². The molecule has 2 rings (SSSR count). The molecule has 1 N–H and O–H groups in total. The van der Waals surface area contributed by atoms with Crippen LogP contribution in [0.25, 0.3) is 11.3 Å². The number of hydrogen-bond donors (Lipinski definition) is 1. The summed E-state index contributed by atoms with van der Waals surface area (Å²) >= 11 is 5.82. The van der Waals surface area contributed by atoms with E-state index in [9.17, 15) is 4.79 Å². The van der Waals surface area contributed by atoms with Crippen LogP contribution >= 0.6 is 11.6 Å². The number of carboxylic acid groups (broad SMARTS) is 1. The Morgan fingerprint density at radius 3 is 2.60 bits per heavy atom. The Morgan fingerprint density at radius 1 is 1.40 bits per heavy atom. The van der Waals surface area contributed by atoms with Crippen molar-refractivity contribution in [1.29, 1.82) is 0 Å². The maximum atomic E-state index is 11.2. The number of carboxylic acids is 1. The van der Waals surface area contributed by atoms with Crippen LogP contribution in [-0.2, 0) is 0 Å². The lowest BCUT2D eigenvalue weighted by Gasteiger charge is -2.02. The Hall–Kier alpha value is -2.34. The summed E-state index contributed by atoms with van der Waals surface area (Å²) in [6.07, 6.45) is 3.06. The molecular weight excluding hydrogens is 280 g/mol. The van der Waals surface area contributed by atoms with Gasteiger partial charge >= 0.3 is 5.97 Å². The van der Waals surface area contributed by atoms with Crippen molar-refractivity contribution >= 4 is 23.9 Å². The predicted molar refractivity (Wildman–Crippen MR) is 77.2 cm³/mol. The molecule has 0 fully saturated rings. The second-order valence-corrected chi connectivity index (χ2v) is 4.74. The van der Waals surface area contributed by atoms with Gasteiger partial charge < -0.3 is 10.0 Å². The van der Waals surface area contributed by atoms with E-state index in [1.807, 2.05) is 0 Å². The largest absolute Gasteiger partial charge is 0.475 e. The van der Waals surface area contributed by atoms with Crippen LogP contribution in [0.3, 0.4) is 0 Å². The summed E-state index contributed by atoms with van der Waals surface area (Å²) in [6.45, 7) is 0. The van der Waals surface area contributed by atoms with Crippen molar-refractivity contribution in [2.75, 3.05) is 14.1 Å². The van der Waals surface area contributed by atoms with E-state index in [-0.39, 0.29) is 5.82 Å². The maximum Gasteiger partial charge on any atom is 0.374 e. The fourth-order valence-electron chi connectivity index (χ4n) is 1.52. The number of imidazole rings is 1. The van der Waals surface area contributed by atoms with Crippen LogP contribution in [0.2, 0.25) is 5.02 Å². The summed E-state index contributed by atoms with van der Waals surface area (Å²) in [5, 5.41) is 13.8. The molecule has 7 heteroatoms. The molecule has 0 spiro atoms. The second-order valence-electron chi connectivity index (χ2n) is 4.30. The van der Waals surface area contributed by atoms with Crippen LogP contribution in [0.4, 0.5) is 0 Å². The smallest absolute Gasteiger partial charge is 0.374 e. The van der Waals surface area contributed by atoms with Gasteiger partial charge in [0, 0.05) is 24.7 Å². The lowest BCUT2D eigenvalue weighted by atomic mass is 10.2. The number of rotatable bonds is 4. The van der Waals surface area contributed by atoms with Crippen molar-refractivity contribution < 1.29 is 9.90 Å². The molecule has 0 bridgehead atoms. The van der Waals surface area contributed by atoms with Crippen LogP contribution in [-0.4, -0.2) is 46.1 Å². The van der Waals surface area contributed by atoms with Gasteiger partial charge in [-0.1, -0.05) is 23.7 Å². The monoisotopic (exact) mass is 292 g/mol. The quantitative estimate of drug-likeness (QED) is 0.693. The highest BCUT2D eigenvalue weighted by atomic mass is 35.5. The number of nitrogens with zero attached hydrogens (tertiary/aromatic N) is 4. The van der Waals surface area contributed by atoms with Crippen molar-refractivity contribution in [2.45, 2.75) is 0 Å². The number of benzene rings is 1. The molecule has 0 saturated carbocycles. The summed E-state index contributed by atoms with van der Waals surface area (Å²) in [5.41, 5.74) is 1.30. The summed E-state index contributed by atoms with van der Waals surface area (Å²) in [7, 11) is 3.59. The zero-order valence-corrected chi connectivity index (χ0v) is 11.7. The molecule has 0 saturated heterocycles. The summed E-state index contributed by atoms with van der Waals surface area (Å²) < 4.78 is 1.23. The molecule has 1 aromatic carbocycles. The van der Waals surface area contributed by atoms with E-state index < -0.39 is 5.97 Å². The maximum absolute atomic E-state index is 11.2. The summed E-state index contributed by atoms with van der Waals surface area (Å²) in [5.74, 6) is -1.28. The van der Waals surface area contributed by atoms with E-state index in [1.54, 1.807) is 49.5 Å². The Morgan fingerprint density at radius 2 is 2.05 bits per heavy atom. The molecule has 0 radical (unpaired) electrons. The van der Waals surface area contributed by atoms with Gasteiger partial charge in [-0.05, 0) is 12.1 Å². The first kappa shape index (κ1) is 14.1. The molecule has 0 unspecified atom stereocenters. The highest BCUT2D eigenvalue weighted by molar-refractivity contribution is 6.30. The molecular formula is C13H13ClN4O2. The minimum absolute atomic E-state index is 0.145. The normalized spacial score (nSPS) is 10.9. The van der Waals surface area contributed by atoms with Gasteiger partial charge in [0.25, 0.3) is 0 Å². The number of halogens is 1. The summed E-state index contributed by atoms with van der Waals surface area (Å²) in [4.78, 5) is 17.0. The van der Waals surface area contributed by atoms with Crippen LogP contribution in [0, 0.1) is 0 Å². The molecule has 104 valence electrons. The van der Waals surface area contributed by atoms with Gasteiger partial charge in [0.15, 0.2) is 0 Å². The molecule has 1 aromatic heterocycles. The molecule has 0 atom stereocenters. The van der Waals surface area contributed by atoms with Gasteiger partial charge in [0.05, 0.1) is 11.9 Å². The van der Waals surface area contributed by atoms with E-state index >= 15 is 0 Å². The van der Waals surface area contributed by atoms with Gasteiger partial charge in [0.2, 0.25) is 5.82 Å². The van der Waals surface area contributed by atoms with Crippen molar-refractivity contribution in [3.8, 4) is 11.3 Å². The Bertz CT molecular complexity index is 647. The number of hydrogen-bond acceptors (Lipinski definition) is 3. The van der Waals surface area contributed by atoms with Gasteiger partial charge in [-0.25, -0.2) is 14.5 Å². The molecule has 0 aliphatic carbocycles. The summed E-state index contributed by atoms with van der Waals surface area (Å²) in [6, 6.07) is 6.99. The highest BCUT2D eigenvalue weighted by Crippen LogP contribution is 2.21. The van der Waals surface area contributed by atoms with Gasteiger partial charge in [-0.2, -0.15) is 5.10 Å². The number of aromatic nitrogens is 2. The Labute approximate surface area is 120 Å². The number of aromatic carboxylic acids is 1. The minimum atomic E-state index is -1.14. The van der Waals surface area contributed by atoms with Crippen molar-refractivity contribution in [3.05, 3.63) is 41.3 Å². The lowest BCUT2D eigenvalue weighted by Crippen LogP contribution is -2.11. The average Bonchev–Trinajstić information content (AvgIpc) is 2.81. The SMILES string of the molecule is CN(C)/C=N/n1cc(-c2ccc(Cl)cc2)nc1C(=O)O. The number of carbonyl (C=O) groups is 1. The standard InChI is InChI=1S/C13H13ClN4O2/c1-17(2)8-15-18-7-11(16-12(18)13(19)20)9-3-5-10(14)6-4-9/h3-8H,1-2H3,(H,19,20)/b15-8+. The third kappa shape index (κ3) is 3.16. The van der Waals surface area contributed by atoms with Crippen molar-refractivity contribution in [2.24, 2.45) is 5.10 Å². The fraction of sp³-hybridized carbons (Fsp3) is 0.154. The first-order valence-electron chi connectivity index (χ1n) is 5.77. The second kappa shape index (κ2) is 5.75. The van der Waals surface area contributed by atoms with Crippen LogP contribution in [0.15, 0.2) is 35.6 Å². The topological polar surface area (TPSA) is 70.7 Å². The lowest BCUT2D eigenvalue weighted by molar-refractivity contribution is 0.0679. The first-order valence-corrected chi connectivity index (χ1v) is 6.14. The van der Waals surface area contributed by atoms with E-state index in [4.69, 9.17) is 16.7 Å². The van der Waals surface area contributed by atoms with Crippen molar-refractivity contribution in [1.82, 2.24) is 14.6 Å². The Kier molecular flexibility index (Phi) is 4.05. The predicted octanol–water partition coefficient (Wildman–Crippen LogP) is 2.25. The van der Waals surface area contributed by atoms with Gasteiger partial charge in [-0.15, -0.1) is 0 Å². The third-order valence-corrected chi connectivity index (χ3v) is 2.68. The van der Waals surface area contributed by atoms with Crippen LogP contribution in [0.5, 0.6) is 0 Å². The zero-order valence-electron chi connectivity index (χ0n) is 11.0.